The number of nitrogens with zero attached hydrogens (tertiary/aromatic N) is 2. The van der Waals surface area contributed by atoms with Gasteiger partial charge in [-0.1, -0.05) is 13.8 Å². The quantitative estimate of drug-likeness (QED) is 0.821. The van der Waals surface area contributed by atoms with Gasteiger partial charge in [-0.2, -0.15) is 0 Å². The van der Waals surface area contributed by atoms with Crippen molar-refractivity contribution < 1.29 is 9.36 Å². The maximum Gasteiger partial charge on any atom is 0.258 e. The van der Waals surface area contributed by atoms with E-state index in [-0.39, 0.29) is 11.8 Å². The summed E-state index contributed by atoms with van der Waals surface area (Å²) in [5.41, 5.74) is 0. The van der Waals surface area contributed by atoms with Crippen molar-refractivity contribution in [1.82, 2.24) is 4.57 Å². The van der Waals surface area contributed by atoms with Gasteiger partial charge in [-0.25, -0.2) is 9.13 Å². The molecule has 0 fully saturated rings. The first-order valence-electron chi connectivity index (χ1n) is 6.95. The number of carbonyl (C=O) groups excluding carboxylic acids is 1. The number of hydrogen-bond acceptors (Lipinski definition) is 1. The number of carbonyl (C=O) groups is 1. The van der Waals surface area contributed by atoms with E-state index in [9.17, 15) is 4.79 Å². The number of nitrogens with one attached hydrogen (secondary N) is 1. The van der Waals surface area contributed by atoms with Gasteiger partial charge in [-0.05, 0) is 26.7 Å². The van der Waals surface area contributed by atoms with Crippen LogP contribution in [0.25, 0.3) is 0 Å². The van der Waals surface area contributed by atoms with Crippen molar-refractivity contribution >= 4 is 11.7 Å². The fourth-order valence-electron chi connectivity index (χ4n) is 2.44. The minimum absolute atomic E-state index is 0.0206. The Morgan fingerprint density at radius 3 is 2.67 bits per heavy atom. The highest BCUT2D eigenvalue weighted by Gasteiger charge is 2.28. The highest BCUT2D eigenvalue weighted by molar-refractivity contribution is 5.91. The number of fused-ring (bicyclic) bond motifs is 1. The highest BCUT2D eigenvalue weighted by Crippen LogP contribution is 2.20. The monoisotopic (exact) mass is 250 g/mol. The van der Waals surface area contributed by atoms with Gasteiger partial charge in [0.25, 0.3) is 5.82 Å². The van der Waals surface area contributed by atoms with Crippen LogP contribution in [0, 0.1) is 5.92 Å². The number of imidazole rings is 1. The van der Waals surface area contributed by atoms with Gasteiger partial charge in [0, 0.05) is 12.3 Å². The van der Waals surface area contributed by atoms with Gasteiger partial charge in [0.1, 0.15) is 0 Å². The van der Waals surface area contributed by atoms with Gasteiger partial charge in [0.15, 0.2) is 6.20 Å². The Bertz CT molecular complexity index is 446. The van der Waals surface area contributed by atoms with Crippen molar-refractivity contribution in [2.45, 2.75) is 59.5 Å². The van der Waals surface area contributed by atoms with E-state index in [1.807, 2.05) is 13.8 Å². The van der Waals surface area contributed by atoms with Crippen LogP contribution < -0.4 is 9.88 Å². The van der Waals surface area contributed by atoms with E-state index in [2.05, 4.69) is 34.5 Å². The lowest BCUT2D eigenvalue weighted by molar-refractivity contribution is -0.722. The molecular formula is C14H24N3O+. The summed E-state index contributed by atoms with van der Waals surface area (Å²) in [6.45, 7) is 9.23. The zero-order valence-corrected chi connectivity index (χ0v) is 11.9. The van der Waals surface area contributed by atoms with E-state index in [0.29, 0.717) is 6.04 Å². The lowest BCUT2D eigenvalue weighted by Gasteiger charge is -2.12. The molecule has 18 heavy (non-hydrogen) atoms. The minimum Gasteiger partial charge on any atom is -0.290 e. The molecule has 1 aromatic heterocycles. The van der Waals surface area contributed by atoms with E-state index in [1.165, 1.54) is 18.7 Å². The molecule has 0 saturated heterocycles. The van der Waals surface area contributed by atoms with Crippen LogP contribution in [0.1, 0.15) is 52.4 Å². The Hall–Kier alpha value is -1.32. The van der Waals surface area contributed by atoms with Crippen LogP contribution in [-0.4, -0.2) is 10.5 Å². The Labute approximate surface area is 109 Å². The molecule has 0 aromatic carbocycles. The Morgan fingerprint density at radius 2 is 2.06 bits per heavy atom. The Morgan fingerprint density at radius 1 is 1.33 bits per heavy atom. The smallest absolute Gasteiger partial charge is 0.258 e. The molecule has 4 heteroatoms. The van der Waals surface area contributed by atoms with Gasteiger partial charge in [-0.15, -0.1) is 0 Å². The first kappa shape index (κ1) is 13.1. The topological polar surface area (TPSA) is 37.9 Å². The van der Waals surface area contributed by atoms with E-state index >= 15 is 0 Å². The summed E-state index contributed by atoms with van der Waals surface area (Å²) in [7, 11) is 0. The number of anilines is 1. The van der Waals surface area contributed by atoms with Gasteiger partial charge >= 0.3 is 0 Å². The molecular weight excluding hydrogens is 226 g/mol. The summed E-state index contributed by atoms with van der Waals surface area (Å²) >= 11 is 0. The van der Waals surface area contributed by atoms with Gasteiger partial charge < -0.3 is 0 Å². The summed E-state index contributed by atoms with van der Waals surface area (Å²) in [6, 6.07) is 0.439. The van der Waals surface area contributed by atoms with E-state index in [1.54, 1.807) is 0 Å². The maximum atomic E-state index is 11.8. The van der Waals surface area contributed by atoms with E-state index < -0.39 is 0 Å². The lowest BCUT2D eigenvalue weighted by Crippen LogP contribution is -2.40. The van der Waals surface area contributed by atoms with E-state index in [4.69, 9.17) is 0 Å². The van der Waals surface area contributed by atoms with Crippen molar-refractivity contribution in [3.05, 3.63) is 12.0 Å². The molecule has 0 radical (unpaired) electrons. The molecule has 2 rings (SSSR count). The van der Waals surface area contributed by atoms with Crippen LogP contribution in [0.2, 0.25) is 0 Å². The summed E-state index contributed by atoms with van der Waals surface area (Å²) < 4.78 is 4.55. The molecule has 1 aliphatic rings. The molecule has 1 aromatic rings. The van der Waals surface area contributed by atoms with Crippen LogP contribution in [0.5, 0.6) is 0 Å². The minimum atomic E-state index is 0.0206. The second-order valence-electron chi connectivity index (χ2n) is 5.68. The third kappa shape index (κ3) is 2.42. The molecule has 0 saturated carbocycles. The average Bonchev–Trinajstić information content (AvgIpc) is 2.68. The Kier molecular flexibility index (Phi) is 3.73. The lowest BCUT2D eigenvalue weighted by atomic mass is 10.1. The number of amides is 1. The summed E-state index contributed by atoms with van der Waals surface area (Å²) in [4.78, 5) is 11.8. The molecule has 1 N–H and O–H groups in total. The van der Waals surface area contributed by atoms with Crippen molar-refractivity contribution in [3.63, 3.8) is 0 Å². The summed E-state index contributed by atoms with van der Waals surface area (Å²) in [5, 5.41) is 3.05. The molecule has 100 valence electrons. The molecule has 4 nitrogen and oxygen atoms in total. The van der Waals surface area contributed by atoms with Crippen molar-refractivity contribution in [3.8, 4) is 0 Å². The van der Waals surface area contributed by atoms with Gasteiger partial charge in [0.2, 0.25) is 11.7 Å². The third-order valence-corrected chi connectivity index (χ3v) is 3.53. The first-order chi connectivity index (χ1) is 8.50. The third-order valence-electron chi connectivity index (χ3n) is 3.53. The van der Waals surface area contributed by atoms with Crippen molar-refractivity contribution in [2.24, 2.45) is 5.92 Å². The zero-order valence-electron chi connectivity index (χ0n) is 11.9. The summed E-state index contributed by atoms with van der Waals surface area (Å²) in [5.74, 6) is 2.41. The molecule has 0 spiro atoms. The molecule has 1 amide bonds. The zero-order chi connectivity index (χ0) is 13.3. The van der Waals surface area contributed by atoms with Crippen LogP contribution in [0.3, 0.4) is 0 Å². The SMILES string of the molecule is CC(C)C(=O)Nc1c[n+](C(C)C)c2n1CCCC2. The second-order valence-corrected chi connectivity index (χ2v) is 5.68. The molecule has 1 aliphatic heterocycles. The molecule has 0 aliphatic carbocycles. The first-order valence-corrected chi connectivity index (χ1v) is 6.95. The van der Waals surface area contributed by atoms with Crippen molar-refractivity contribution in [1.29, 1.82) is 0 Å². The molecule has 2 heterocycles. The fourth-order valence-corrected chi connectivity index (χ4v) is 2.44. The van der Waals surface area contributed by atoms with Gasteiger partial charge in [-0.3, -0.25) is 10.1 Å². The van der Waals surface area contributed by atoms with Crippen LogP contribution >= 0.6 is 0 Å². The molecule has 0 unspecified atom stereocenters. The van der Waals surface area contributed by atoms with Crippen LogP contribution in [-0.2, 0) is 17.8 Å². The fraction of sp³-hybridized carbons (Fsp3) is 0.714. The predicted octanol–water partition coefficient (Wildman–Crippen LogP) is 2.29. The number of hydrogen-bond donors (Lipinski definition) is 1. The molecule has 0 bridgehead atoms. The van der Waals surface area contributed by atoms with Crippen LogP contribution in [0.15, 0.2) is 6.20 Å². The number of rotatable bonds is 3. The maximum absolute atomic E-state index is 11.8. The average molecular weight is 250 g/mol. The molecule has 0 atom stereocenters. The number of aromatic nitrogens is 2. The largest absolute Gasteiger partial charge is 0.290 e. The summed E-state index contributed by atoms with van der Waals surface area (Å²) in [6.07, 6.45) is 5.64. The Balaban J connectivity index is 2.33. The normalized spacial score (nSPS) is 15.0. The predicted molar refractivity (Wildman–Crippen MR) is 71.4 cm³/mol. The van der Waals surface area contributed by atoms with Crippen LogP contribution in [0.4, 0.5) is 5.82 Å². The van der Waals surface area contributed by atoms with E-state index in [0.717, 1.165) is 18.8 Å². The standard InChI is InChI=1S/C14H23N3O/c1-10(2)14(18)15-12-9-17(11(3)4)13-7-5-6-8-16(12)13/h9-11H,5-8H2,1-4H3/p+1. The highest BCUT2D eigenvalue weighted by atomic mass is 16.1. The van der Waals surface area contributed by atoms with Crippen molar-refractivity contribution in [2.75, 3.05) is 5.32 Å². The van der Waals surface area contributed by atoms with Gasteiger partial charge in [0.05, 0.1) is 12.6 Å². The second kappa shape index (κ2) is 5.12.